The molecule has 0 radical (unpaired) electrons. The fourth-order valence-electron chi connectivity index (χ4n) is 5.42. The van der Waals surface area contributed by atoms with Crippen LogP contribution >= 0.6 is 11.8 Å². The third-order valence-electron chi connectivity index (χ3n) is 10.6. The van der Waals surface area contributed by atoms with Gasteiger partial charge in [0.25, 0.3) is 11.8 Å². The third-order valence-corrected chi connectivity index (χ3v) is 15.2. The molecule has 320 valence electrons. The van der Waals surface area contributed by atoms with Crippen LogP contribution in [0, 0.1) is 56.7 Å². The molecule has 2 atom stereocenters. The van der Waals surface area contributed by atoms with Crippen LogP contribution in [0.15, 0.2) is 0 Å². The van der Waals surface area contributed by atoms with Gasteiger partial charge in [-0.15, -0.1) is 0 Å². The largest absolute Gasteiger partial charge is 0.408 e. The Morgan fingerprint density at radius 3 is 1.19 bits per heavy atom. The molecule has 5 rings (SSSR count). The lowest BCUT2D eigenvalue weighted by Crippen LogP contribution is -2.43. The number of hydroxylamine groups is 4. The molecule has 0 bridgehead atoms. The second-order valence-corrected chi connectivity index (χ2v) is 25.3. The third kappa shape index (κ3) is 17.3. The summed E-state index contributed by atoms with van der Waals surface area (Å²) in [4.78, 5) is 33.1. The number of halogens is 3. The van der Waals surface area contributed by atoms with Crippen LogP contribution < -0.4 is 0 Å². The summed E-state index contributed by atoms with van der Waals surface area (Å²) in [5.41, 5.74) is 0.767. The molecule has 2 amide bonds. The van der Waals surface area contributed by atoms with Gasteiger partial charge in [0, 0.05) is 28.9 Å². The van der Waals surface area contributed by atoms with Crippen LogP contribution in [-0.4, -0.2) is 102 Å². The fourth-order valence-corrected chi connectivity index (χ4v) is 10.8. The van der Waals surface area contributed by atoms with Crippen molar-refractivity contribution < 1.29 is 45.1 Å². The van der Waals surface area contributed by atoms with E-state index in [4.69, 9.17) is 9.68 Å². The maximum absolute atomic E-state index is 12.0. The molecule has 0 saturated carbocycles. The average Bonchev–Trinajstić information content (AvgIpc) is 3.44. The van der Waals surface area contributed by atoms with Gasteiger partial charge in [0.05, 0.1) is 36.6 Å². The van der Waals surface area contributed by atoms with E-state index >= 15 is 0 Å². The highest BCUT2D eigenvalue weighted by Gasteiger charge is 2.45. The van der Waals surface area contributed by atoms with Gasteiger partial charge < -0.3 is 0 Å². The van der Waals surface area contributed by atoms with Gasteiger partial charge in [-0.2, -0.15) is 24.9 Å². The maximum atomic E-state index is 12.0. The highest BCUT2D eigenvalue weighted by atomic mass is 32.2. The quantitative estimate of drug-likeness (QED) is 0.274. The summed E-state index contributed by atoms with van der Waals surface area (Å²) in [7, 11) is -3.08. The van der Waals surface area contributed by atoms with Crippen molar-refractivity contribution in [1.29, 1.82) is 0 Å². The van der Waals surface area contributed by atoms with Crippen molar-refractivity contribution in [2.75, 3.05) is 60.8 Å². The molecule has 5 saturated heterocycles. The van der Waals surface area contributed by atoms with Crippen LogP contribution in [0.5, 0.6) is 0 Å². The highest BCUT2D eigenvalue weighted by Crippen LogP contribution is 2.39. The predicted molar refractivity (Wildman–Crippen MR) is 216 cm³/mol. The standard InChI is InChI=1S/C9H14F3NO2.C9H17NO2.C7H14O2S.C7H14OS.C7H14S/c1-8(2,3)6-4-15-13(7(6)14)5-9(10,11)12;1-5-10-8(11)7(6-12-10)9(2,3)4;1-7(2,3)6-4-10(8,9)5-6;1-7(2,3)6-4-9(8)5-6;1-7(2,3)6-4-8-5-6/h6H,4-5H2,1-3H3;7H,5-6H2,1-4H3;6H,4-5H2,1-3H3;6H,4-5H2,1-3H3;6H,4-5H2,1-3H3. The van der Waals surface area contributed by atoms with Crippen molar-refractivity contribution >= 4 is 44.2 Å². The Bertz CT molecular complexity index is 1330. The van der Waals surface area contributed by atoms with Crippen molar-refractivity contribution in [3.8, 4) is 0 Å². The van der Waals surface area contributed by atoms with Gasteiger partial charge in [-0.3, -0.25) is 23.5 Å². The lowest BCUT2D eigenvalue weighted by Gasteiger charge is -2.36. The highest BCUT2D eigenvalue weighted by molar-refractivity contribution is 8.00. The minimum atomic E-state index is -4.41. The first-order valence-electron chi connectivity index (χ1n) is 19.1. The molecule has 0 N–H and O–H groups in total. The van der Waals surface area contributed by atoms with Crippen molar-refractivity contribution in [1.82, 2.24) is 10.1 Å². The van der Waals surface area contributed by atoms with E-state index in [0.29, 0.717) is 52.4 Å². The molecule has 5 fully saturated rings. The van der Waals surface area contributed by atoms with Crippen LogP contribution in [0.4, 0.5) is 13.2 Å². The molecule has 15 heteroatoms. The van der Waals surface area contributed by atoms with Gasteiger partial charge in [-0.05, 0) is 63.3 Å². The maximum Gasteiger partial charge on any atom is 0.408 e. The van der Waals surface area contributed by atoms with E-state index in [1.54, 1.807) is 20.8 Å². The number of hydrogen-bond donors (Lipinski definition) is 0. The number of thioether (sulfide) groups is 1. The van der Waals surface area contributed by atoms with Gasteiger partial charge in [0.2, 0.25) is 0 Å². The lowest BCUT2D eigenvalue weighted by molar-refractivity contribution is -0.214. The summed E-state index contributed by atoms with van der Waals surface area (Å²) < 4.78 is 68.2. The van der Waals surface area contributed by atoms with Crippen molar-refractivity contribution in [3.63, 3.8) is 0 Å². The molecule has 5 heterocycles. The molecule has 9 nitrogen and oxygen atoms in total. The summed E-state index contributed by atoms with van der Waals surface area (Å²) in [5.74, 6) is 6.61. The predicted octanol–water partition coefficient (Wildman–Crippen LogP) is 8.31. The molecule has 0 aliphatic carbocycles. The summed E-state index contributed by atoms with van der Waals surface area (Å²) in [6.45, 7) is 33.3. The molecule has 0 aromatic rings. The minimum absolute atomic E-state index is 0.0149. The molecule has 0 aromatic heterocycles. The van der Waals surface area contributed by atoms with Crippen molar-refractivity contribution in [2.24, 2.45) is 56.7 Å². The zero-order valence-corrected chi connectivity index (χ0v) is 38.5. The van der Waals surface area contributed by atoms with E-state index in [9.17, 15) is 35.4 Å². The first-order valence-corrected chi connectivity index (χ1v) is 23.5. The summed E-state index contributed by atoms with van der Waals surface area (Å²) in [5, 5.41) is 1.87. The van der Waals surface area contributed by atoms with Crippen molar-refractivity contribution in [2.45, 2.75) is 117 Å². The zero-order valence-electron chi connectivity index (χ0n) is 36.1. The zero-order chi connectivity index (χ0) is 42.5. The average molecular weight is 835 g/mol. The van der Waals surface area contributed by atoms with Gasteiger partial charge in [-0.25, -0.2) is 18.5 Å². The SMILES string of the molecule is CC(C)(C)C1CON(CC(F)(F)F)C1=O.CC(C)(C)C1CS(=O)(=O)C1.CC(C)(C)C1CS(=O)C1.CC(C)(C)C1CSC1.CCN1OCC(C(C)(C)C)C1=O. The number of carbonyl (C=O) groups excluding carboxylic acids is 2. The second-order valence-electron chi connectivity index (χ2n) is 20.5. The van der Waals surface area contributed by atoms with Gasteiger partial charge in [0.1, 0.15) is 6.54 Å². The summed E-state index contributed by atoms with van der Waals surface area (Å²) in [6, 6.07) is 0. The molecule has 5 aliphatic heterocycles. The van der Waals surface area contributed by atoms with Gasteiger partial charge >= 0.3 is 6.18 Å². The van der Waals surface area contributed by atoms with E-state index in [1.807, 2.05) is 6.92 Å². The van der Waals surface area contributed by atoms with Crippen molar-refractivity contribution in [3.05, 3.63) is 0 Å². The van der Waals surface area contributed by atoms with E-state index in [1.165, 1.54) is 16.6 Å². The van der Waals surface area contributed by atoms with Crippen LogP contribution in [0.25, 0.3) is 0 Å². The van der Waals surface area contributed by atoms with E-state index in [-0.39, 0.29) is 34.7 Å². The Hall–Kier alpha value is -0.900. The Kier molecular flexibility index (Phi) is 18.2. The Morgan fingerprint density at radius 1 is 0.648 bits per heavy atom. The molecule has 2 unspecified atom stereocenters. The number of carbonyl (C=O) groups is 2. The molecular formula is C39H73F3N2O7S3. The number of nitrogens with zero attached hydrogens (tertiary/aromatic N) is 2. The molecular weight excluding hydrogens is 762 g/mol. The molecule has 54 heavy (non-hydrogen) atoms. The van der Waals surface area contributed by atoms with Crippen LogP contribution in [0.1, 0.15) is 111 Å². The smallest absolute Gasteiger partial charge is 0.272 e. The Labute approximate surface area is 332 Å². The van der Waals surface area contributed by atoms with Gasteiger partial charge in [0.15, 0.2) is 9.84 Å². The molecule has 0 spiro atoms. The van der Waals surface area contributed by atoms with Crippen LogP contribution in [-0.2, 0) is 39.9 Å². The number of hydrogen-bond acceptors (Lipinski definition) is 8. The first-order chi connectivity index (χ1) is 24.0. The van der Waals surface area contributed by atoms with E-state index < -0.39 is 45.2 Å². The summed E-state index contributed by atoms with van der Waals surface area (Å²) >= 11 is 2.07. The van der Waals surface area contributed by atoms with Crippen LogP contribution in [0.3, 0.4) is 0 Å². The monoisotopic (exact) mass is 834 g/mol. The number of rotatable bonds is 2. The number of amides is 2. The summed E-state index contributed by atoms with van der Waals surface area (Å²) in [6.07, 6.45) is -4.41. The molecule has 0 aromatic carbocycles. The minimum Gasteiger partial charge on any atom is -0.272 e. The van der Waals surface area contributed by atoms with E-state index in [2.05, 4.69) is 94.8 Å². The number of alkyl halides is 3. The second kappa shape index (κ2) is 19.2. The fraction of sp³-hybridized carbons (Fsp3) is 0.949. The normalized spacial score (nSPS) is 26.4. The van der Waals surface area contributed by atoms with Crippen LogP contribution in [0.2, 0.25) is 0 Å². The number of sulfone groups is 1. The van der Waals surface area contributed by atoms with Gasteiger partial charge in [-0.1, -0.05) is 104 Å². The molecule has 5 aliphatic rings. The Morgan fingerprint density at radius 2 is 1.02 bits per heavy atom. The Balaban J connectivity index is 0.000000343. The topological polar surface area (TPSA) is 110 Å². The lowest BCUT2D eigenvalue weighted by atomic mass is 9.81. The van der Waals surface area contributed by atoms with E-state index in [0.717, 1.165) is 17.4 Å². The first kappa shape index (κ1) is 51.1.